The van der Waals surface area contributed by atoms with E-state index in [0.29, 0.717) is 12.4 Å². The Bertz CT molecular complexity index is 398. The van der Waals surface area contributed by atoms with E-state index in [9.17, 15) is 22.1 Å². The highest BCUT2D eigenvalue weighted by Crippen LogP contribution is 2.16. The lowest BCUT2D eigenvalue weighted by molar-refractivity contribution is 0.112. The van der Waals surface area contributed by atoms with E-state index >= 15 is 0 Å². The lowest BCUT2D eigenvalue weighted by Crippen LogP contribution is -2.09. The Labute approximate surface area is 83.5 Å². The number of benzene rings is 1. The minimum Gasteiger partial charge on any atom is -0.445 e. The molecule has 0 aliphatic heterocycles. The molecule has 0 aromatic heterocycles. The summed E-state index contributed by atoms with van der Waals surface area (Å²) in [5, 5.41) is 0. The Kier molecular flexibility index (Phi) is 3.29. The number of hydrogen-bond acceptors (Lipinski definition) is 1. The number of hydrogen-bond donors (Lipinski definition) is 0. The average Bonchev–Trinajstić information content (AvgIpc) is 2.15. The Morgan fingerprint density at radius 2 is 1.87 bits per heavy atom. The molecule has 15 heavy (non-hydrogen) atoms. The van der Waals surface area contributed by atoms with Gasteiger partial charge >= 0.3 is 6.98 Å². The van der Waals surface area contributed by atoms with E-state index in [1.165, 1.54) is 6.07 Å². The van der Waals surface area contributed by atoms with Crippen LogP contribution in [-0.2, 0) is 0 Å². The Hall–Kier alpha value is -1.59. The molecule has 0 spiro atoms. The largest absolute Gasteiger partial charge is 0.502 e. The maximum absolute atomic E-state index is 13.0. The topological polar surface area (TPSA) is 17.1 Å². The highest BCUT2D eigenvalue weighted by atomic mass is 19.4. The zero-order valence-corrected chi connectivity index (χ0v) is 7.46. The van der Waals surface area contributed by atoms with Crippen LogP contribution in [0.4, 0.5) is 17.3 Å². The molecule has 0 unspecified atom stereocenters. The summed E-state index contributed by atoms with van der Waals surface area (Å²) in [5.41, 5.74) is -0.121. The van der Waals surface area contributed by atoms with E-state index in [1.54, 1.807) is 0 Å². The van der Waals surface area contributed by atoms with Gasteiger partial charge in [0.2, 0.25) is 0 Å². The molecule has 6 heteroatoms. The van der Waals surface area contributed by atoms with Crippen molar-refractivity contribution >= 4 is 19.3 Å². The van der Waals surface area contributed by atoms with Crippen LogP contribution in [0, 0.1) is 5.82 Å². The molecule has 0 fully saturated rings. The molecule has 0 amide bonds. The Balaban J connectivity index is 3.03. The SMILES string of the molecule is O=Cc1ccc(F)c(/C=C/[B-](F)(F)F)c1. The van der Waals surface area contributed by atoms with Crippen molar-refractivity contribution in [1.29, 1.82) is 0 Å². The summed E-state index contributed by atoms with van der Waals surface area (Å²) in [5.74, 6) is -0.815. The molecule has 0 heterocycles. The predicted octanol–water partition coefficient (Wildman–Crippen LogP) is 3.04. The van der Waals surface area contributed by atoms with Crippen molar-refractivity contribution in [3.8, 4) is 0 Å². The van der Waals surface area contributed by atoms with Gasteiger partial charge in [0.05, 0.1) is 0 Å². The highest BCUT2D eigenvalue weighted by molar-refractivity contribution is 6.64. The van der Waals surface area contributed by atoms with Crippen molar-refractivity contribution in [3.05, 3.63) is 41.1 Å². The first kappa shape index (κ1) is 11.5. The van der Waals surface area contributed by atoms with Crippen LogP contribution in [0.25, 0.3) is 6.08 Å². The maximum atomic E-state index is 13.0. The Morgan fingerprint density at radius 1 is 1.20 bits per heavy atom. The predicted molar refractivity (Wildman–Crippen MR) is 49.9 cm³/mol. The quantitative estimate of drug-likeness (QED) is 0.432. The van der Waals surface area contributed by atoms with E-state index in [1.807, 2.05) is 0 Å². The molecular formula is C9H6BF4O-. The third-order valence-electron chi connectivity index (χ3n) is 1.65. The molecule has 0 bridgehead atoms. The van der Waals surface area contributed by atoms with Gasteiger partial charge in [-0.3, -0.25) is 4.79 Å². The Morgan fingerprint density at radius 3 is 2.40 bits per heavy atom. The van der Waals surface area contributed by atoms with E-state index in [4.69, 9.17) is 0 Å². The second-order valence-electron chi connectivity index (χ2n) is 2.88. The summed E-state index contributed by atoms with van der Waals surface area (Å²) in [6, 6.07) is 3.20. The molecule has 1 aromatic carbocycles. The smallest absolute Gasteiger partial charge is 0.445 e. The number of halogens is 4. The minimum absolute atomic E-state index is 0.0208. The molecule has 0 aliphatic carbocycles. The van der Waals surface area contributed by atoms with Gasteiger partial charge in [-0.1, -0.05) is 6.08 Å². The average molecular weight is 217 g/mol. The standard InChI is InChI=1S/C9H6BF4O/c11-9-2-1-7(6-15)5-8(9)3-4-10(12,13)14/h1-6H/q-1/b4-3+. The number of rotatable bonds is 3. The van der Waals surface area contributed by atoms with Crippen LogP contribution in [0.3, 0.4) is 0 Å². The molecule has 0 atom stereocenters. The second-order valence-corrected chi connectivity index (χ2v) is 2.88. The van der Waals surface area contributed by atoms with Crippen LogP contribution >= 0.6 is 0 Å². The van der Waals surface area contributed by atoms with Crippen molar-refractivity contribution in [2.45, 2.75) is 0 Å². The summed E-state index contributed by atoms with van der Waals surface area (Å²) < 4.78 is 48.5. The zero-order chi connectivity index (χ0) is 11.5. The van der Waals surface area contributed by atoms with Gasteiger partial charge < -0.3 is 12.9 Å². The van der Waals surface area contributed by atoms with Crippen molar-refractivity contribution in [2.75, 3.05) is 0 Å². The van der Waals surface area contributed by atoms with Gasteiger partial charge in [-0.2, -0.15) is 0 Å². The van der Waals surface area contributed by atoms with Crippen LogP contribution in [-0.4, -0.2) is 13.3 Å². The first-order chi connectivity index (χ1) is 6.92. The highest BCUT2D eigenvalue weighted by Gasteiger charge is 2.17. The normalized spacial score (nSPS) is 12.0. The molecule has 0 N–H and O–H groups in total. The third-order valence-corrected chi connectivity index (χ3v) is 1.65. The van der Waals surface area contributed by atoms with Gasteiger partial charge in [-0.25, -0.2) is 4.39 Å². The van der Waals surface area contributed by atoms with Crippen molar-refractivity contribution in [1.82, 2.24) is 0 Å². The molecule has 0 radical (unpaired) electrons. The van der Waals surface area contributed by atoms with Gasteiger partial charge in [-0.05, 0) is 18.2 Å². The van der Waals surface area contributed by atoms with E-state index < -0.39 is 12.8 Å². The fraction of sp³-hybridized carbons (Fsp3) is 0. The fourth-order valence-corrected chi connectivity index (χ4v) is 0.976. The minimum atomic E-state index is -5.09. The molecule has 0 aliphatic rings. The van der Waals surface area contributed by atoms with E-state index in [-0.39, 0.29) is 17.1 Å². The first-order valence-corrected chi connectivity index (χ1v) is 4.06. The molecule has 0 saturated heterocycles. The number of carbonyl (C=O) groups is 1. The van der Waals surface area contributed by atoms with E-state index in [0.717, 1.165) is 12.1 Å². The third kappa shape index (κ3) is 3.57. The first-order valence-electron chi connectivity index (χ1n) is 4.06. The van der Waals surface area contributed by atoms with E-state index in [2.05, 4.69) is 0 Å². The van der Waals surface area contributed by atoms with Crippen LogP contribution in [0.5, 0.6) is 0 Å². The summed E-state index contributed by atoms with van der Waals surface area (Å²) in [4.78, 5) is 10.3. The maximum Gasteiger partial charge on any atom is 0.502 e. The van der Waals surface area contributed by atoms with Gasteiger partial charge in [0.1, 0.15) is 12.1 Å². The van der Waals surface area contributed by atoms with Crippen molar-refractivity contribution in [2.24, 2.45) is 0 Å². The summed E-state index contributed by atoms with van der Waals surface area (Å²) >= 11 is 0. The molecule has 0 saturated carbocycles. The number of aldehydes is 1. The summed E-state index contributed by atoms with van der Waals surface area (Å²) in [7, 11) is 0. The fourth-order valence-electron chi connectivity index (χ4n) is 0.976. The van der Waals surface area contributed by atoms with Crippen LogP contribution in [0.1, 0.15) is 15.9 Å². The molecule has 80 valence electrons. The summed E-state index contributed by atoms with van der Waals surface area (Å²) in [6.07, 6.45) is 1.05. The van der Waals surface area contributed by atoms with Crippen LogP contribution in [0.15, 0.2) is 24.2 Å². The molecule has 1 rings (SSSR count). The van der Waals surface area contributed by atoms with Crippen molar-refractivity contribution < 1.29 is 22.1 Å². The lowest BCUT2D eigenvalue weighted by atomic mass is 9.90. The van der Waals surface area contributed by atoms with Gasteiger partial charge in [0.15, 0.2) is 0 Å². The van der Waals surface area contributed by atoms with Gasteiger partial charge in [0.25, 0.3) is 0 Å². The zero-order valence-electron chi connectivity index (χ0n) is 7.46. The van der Waals surface area contributed by atoms with Gasteiger partial charge in [-0.15, -0.1) is 5.98 Å². The number of carbonyl (C=O) groups excluding carboxylic acids is 1. The molecule has 1 nitrogen and oxygen atoms in total. The van der Waals surface area contributed by atoms with Gasteiger partial charge in [0, 0.05) is 11.1 Å². The molecule has 1 aromatic rings. The van der Waals surface area contributed by atoms with Crippen molar-refractivity contribution in [3.63, 3.8) is 0 Å². The summed E-state index contributed by atoms with van der Waals surface area (Å²) in [6.45, 7) is -5.09. The lowest BCUT2D eigenvalue weighted by Gasteiger charge is -2.06. The monoisotopic (exact) mass is 217 g/mol. The van der Waals surface area contributed by atoms with Crippen LogP contribution < -0.4 is 0 Å². The molecular weight excluding hydrogens is 211 g/mol. The van der Waals surface area contributed by atoms with Crippen LogP contribution in [0.2, 0.25) is 0 Å². The second kappa shape index (κ2) is 4.29.